The highest BCUT2D eigenvalue weighted by atomic mass is 16.4. The molecular weight excluding hydrogens is 274 g/mol. The second kappa shape index (κ2) is 6.32. The number of carbonyl (C=O) groups excluding carboxylic acids is 2. The van der Waals surface area contributed by atoms with Gasteiger partial charge >= 0.3 is 12.0 Å². The summed E-state index contributed by atoms with van der Waals surface area (Å²) >= 11 is 0. The third kappa shape index (κ3) is 3.28. The van der Waals surface area contributed by atoms with E-state index >= 15 is 0 Å². The lowest BCUT2D eigenvalue weighted by molar-refractivity contribution is -0.159. The molecule has 118 valence electrons. The fourth-order valence-corrected chi connectivity index (χ4v) is 3.69. The summed E-state index contributed by atoms with van der Waals surface area (Å²) in [6.07, 6.45) is 5.35. The van der Waals surface area contributed by atoms with Gasteiger partial charge in [-0.05, 0) is 38.5 Å². The number of urea groups is 1. The number of hydrogen-bond acceptors (Lipinski definition) is 3. The normalized spacial score (nSPS) is 30.1. The van der Waals surface area contributed by atoms with Gasteiger partial charge in [-0.15, -0.1) is 0 Å². The molecule has 0 bridgehead atoms. The highest BCUT2D eigenvalue weighted by Crippen LogP contribution is 2.38. The van der Waals surface area contributed by atoms with Crippen molar-refractivity contribution in [3.05, 3.63) is 0 Å². The van der Waals surface area contributed by atoms with Crippen LogP contribution >= 0.6 is 0 Å². The van der Waals surface area contributed by atoms with E-state index in [0.717, 1.165) is 32.1 Å². The van der Waals surface area contributed by atoms with Crippen molar-refractivity contribution in [3.63, 3.8) is 0 Å². The lowest BCUT2D eigenvalue weighted by Gasteiger charge is -2.47. The van der Waals surface area contributed by atoms with Crippen LogP contribution in [0.25, 0.3) is 0 Å². The number of rotatable bonds is 3. The number of likely N-dealkylation sites (tertiary alicyclic amines) is 1. The van der Waals surface area contributed by atoms with Gasteiger partial charge in [0.2, 0.25) is 5.91 Å². The molecule has 4 unspecified atom stereocenters. The van der Waals surface area contributed by atoms with Crippen LogP contribution in [0, 0.1) is 5.92 Å². The Morgan fingerprint density at radius 2 is 1.86 bits per heavy atom. The molecule has 7 nitrogen and oxygen atoms in total. The van der Waals surface area contributed by atoms with Crippen LogP contribution in [-0.4, -0.2) is 46.0 Å². The highest BCUT2D eigenvalue weighted by Gasteiger charge is 2.44. The molecule has 2 aliphatic rings. The highest BCUT2D eigenvalue weighted by molar-refractivity contribution is 5.90. The van der Waals surface area contributed by atoms with Crippen LogP contribution in [0.5, 0.6) is 0 Å². The molecule has 1 aliphatic carbocycles. The van der Waals surface area contributed by atoms with Crippen molar-refractivity contribution in [2.24, 2.45) is 11.7 Å². The molecule has 2 fully saturated rings. The second-order valence-electron chi connectivity index (χ2n) is 6.02. The maximum Gasteiger partial charge on any atom is 0.326 e. The van der Waals surface area contributed by atoms with Crippen molar-refractivity contribution >= 4 is 17.9 Å². The minimum Gasteiger partial charge on any atom is -0.480 e. The fourth-order valence-electron chi connectivity index (χ4n) is 3.69. The van der Waals surface area contributed by atoms with E-state index in [1.54, 1.807) is 6.92 Å². The van der Waals surface area contributed by atoms with Crippen molar-refractivity contribution in [1.29, 1.82) is 0 Å². The molecule has 1 saturated heterocycles. The van der Waals surface area contributed by atoms with E-state index in [2.05, 4.69) is 5.32 Å². The number of nitrogens with two attached hydrogens (primary N) is 1. The van der Waals surface area contributed by atoms with Crippen LogP contribution in [0.15, 0.2) is 0 Å². The Morgan fingerprint density at radius 3 is 2.48 bits per heavy atom. The van der Waals surface area contributed by atoms with Gasteiger partial charge in [0.25, 0.3) is 0 Å². The summed E-state index contributed by atoms with van der Waals surface area (Å²) < 4.78 is 0. The van der Waals surface area contributed by atoms with Crippen molar-refractivity contribution in [3.8, 4) is 0 Å². The fraction of sp³-hybridized carbons (Fsp3) is 0.786. The topological polar surface area (TPSA) is 113 Å². The van der Waals surface area contributed by atoms with Gasteiger partial charge in [-0.1, -0.05) is 12.8 Å². The van der Waals surface area contributed by atoms with Gasteiger partial charge in [0.1, 0.15) is 12.1 Å². The Balaban J connectivity index is 2.21. The number of fused-ring (bicyclic) bond motifs is 1. The number of piperidine rings is 1. The zero-order valence-corrected chi connectivity index (χ0v) is 12.2. The van der Waals surface area contributed by atoms with Crippen LogP contribution in [-0.2, 0) is 9.59 Å². The molecular formula is C14H23N3O4. The third-order valence-electron chi connectivity index (χ3n) is 4.64. The molecule has 0 aromatic heterocycles. The minimum atomic E-state index is -0.973. The van der Waals surface area contributed by atoms with Crippen molar-refractivity contribution in [2.45, 2.75) is 63.6 Å². The predicted octanol–water partition coefficient (Wildman–Crippen LogP) is 0.678. The molecule has 0 aromatic rings. The smallest absolute Gasteiger partial charge is 0.326 e. The van der Waals surface area contributed by atoms with Gasteiger partial charge in [-0.25, -0.2) is 9.59 Å². The largest absolute Gasteiger partial charge is 0.480 e. The van der Waals surface area contributed by atoms with E-state index in [0.29, 0.717) is 12.3 Å². The number of carboxylic acid groups (broad SMARTS) is 1. The summed E-state index contributed by atoms with van der Waals surface area (Å²) in [7, 11) is 0. The van der Waals surface area contributed by atoms with E-state index in [-0.39, 0.29) is 11.9 Å². The number of amides is 3. The van der Waals surface area contributed by atoms with Crippen LogP contribution < -0.4 is 11.1 Å². The van der Waals surface area contributed by atoms with E-state index < -0.39 is 24.1 Å². The number of primary amides is 1. The van der Waals surface area contributed by atoms with E-state index in [1.807, 2.05) is 0 Å². The quantitative estimate of drug-likeness (QED) is 0.710. The van der Waals surface area contributed by atoms with Gasteiger partial charge in [-0.2, -0.15) is 0 Å². The molecule has 0 spiro atoms. The van der Waals surface area contributed by atoms with Gasteiger partial charge in [0, 0.05) is 6.04 Å². The van der Waals surface area contributed by atoms with Crippen LogP contribution in [0.2, 0.25) is 0 Å². The maximum atomic E-state index is 12.6. The van der Waals surface area contributed by atoms with Gasteiger partial charge in [0.05, 0.1) is 0 Å². The monoisotopic (exact) mass is 297 g/mol. The minimum absolute atomic E-state index is 0.0294. The van der Waals surface area contributed by atoms with Gasteiger partial charge < -0.3 is 21.1 Å². The summed E-state index contributed by atoms with van der Waals surface area (Å²) in [5.74, 6) is -0.949. The predicted molar refractivity (Wildman–Crippen MR) is 75.4 cm³/mol. The van der Waals surface area contributed by atoms with Crippen molar-refractivity contribution in [1.82, 2.24) is 10.2 Å². The van der Waals surface area contributed by atoms with Gasteiger partial charge in [0.15, 0.2) is 0 Å². The number of nitrogens with one attached hydrogen (secondary N) is 1. The molecule has 1 aliphatic heterocycles. The Bertz CT molecular complexity index is 440. The summed E-state index contributed by atoms with van der Waals surface area (Å²) in [6, 6.07) is -2.41. The molecule has 21 heavy (non-hydrogen) atoms. The molecule has 4 atom stereocenters. The first kappa shape index (κ1) is 15.6. The van der Waals surface area contributed by atoms with Crippen LogP contribution in [0.4, 0.5) is 4.79 Å². The lowest BCUT2D eigenvalue weighted by atomic mass is 9.76. The van der Waals surface area contributed by atoms with Crippen LogP contribution in [0.3, 0.4) is 0 Å². The maximum absolute atomic E-state index is 12.6. The number of carboxylic acids is 1. The molecule has 1 heterocycles. The van der Waals surface area contributed by atoms with Crippen molar-refractivity contribution in [2.75, 3.05) is 0 Å². The molecule has 7 heteroatoms. The summed E-state index contributed by atoms with van der Waals surface area (Å²) in [5.41, 5.74) is 5.05. The average Bonchev–Trinajstić information content (AvgIpc) is 2.44. The van der Waals surface area contributed by atoms with Gasteiger partial charge in [-0.3, -0.25) is 4.79 Å². The molecule has 2 rings (SSSR count). The summed E-state index contributed by atoms with van der Waals surface area (Å²) in [4.78, 5) is 36.5. The summed E-state index contributed by atoms with van der Waals surface area (Å²) in [6.45, 7) is 1.54. The first-order valence-electron chi connectivity index (χ1n) is 7.52. The SMILES string of the molecule is CC(NC(N)=O)C(=O)N1C(C(=O)O)CCC2CCCCC21. The Hall–Kier alpha value is -1.79. The summed E-state index contributed by atoms with van der Waals surface area (Å²) in [5, 5.41) is 11.8. The molecule has 4 N–H and O–H groups in total. The molecule has 1 saturated carbocycles. The zero-order chi connectivity index (χ0) is 15.6. The second-order valence-corrected chi connectivity index (χ2v) is 6.02. The third-order valence-corrected chi connectivity index (χ3v) is 4.64. The number of nitrogens with zero attached hydrogens (tertiary/aromatic N) is 1. The number of hydrogen-bond donors (Lipinski definition) is 3. The Labute approximate surface area is 123 Å². The first-order chi connectivity index (χ1) is 9.91. The first-order valence-corrected chi connectivity index (χ1v) is 7.52. The van der Waals surface area contributed by atoms with E-state index in [1.165, 1.54) is 4.90 Å². The standard InChI is InChI=1S/C14H23N3O4/c1-8(16-14(15)21)12(18)17-10-5-3-2-4-9(10)6-7-11(17)13(19)20/h8-11H,2-7H2,1H3,(H,19,20)(H3,15,16,21). The number of aliphatic carboxylic acids is 1. The van der Waals surface area contributed by atoms with E-state index in [4.69, 9.17) is 5.73 Å². The number of carbonyl (C=O) groups is 3. The zero-order valence-electron chi connectivity index (χ0n) is 12.2. The molecule has 0 aromatic carbocycles. The average molecular weight is 297 g/mol. The Morgan fingerprint density at radius 1 is 1.19 bits per heavy atom. The lowest BCUT2D eigenvalue weighted by Crippen LogP contribution is -2.61. The van der Waals surface area contributed by atoms with Crippen LogP contribution in [0.1, 0.15) is 45.4 Å². The molecule has 3 amide bonds. The Kier molecular flexibility index (Phi) is 4.69. The van der Waals surface area contributed by atoms with Crippen molar-refractivity contribution < 1.29 is 19.5 Å². The molecule has 0 radical (unpaired) electrons. The van der Waals surface area contributed by atoms with E-state index in [9.17, 15) is 19.5 Å².